The number of hydrogen-bond acceptors (Lipinski definition) is 3. The molecule has 2 atom stereocenters. The first-order valence-corrected chi connectivity index (χ1v) is 8.12. The van der Waals surface area contributed by atoms with Gasteiger partial charge in [-0.25, -0.2) is 0 Å². The summed E-state index contributed by atoms with van der Waals surface area (Å²) in [6.45, 7) is 4.68. The number of nitrogens with zero attached hydrogens (tertiary/aromatic N) is 1. The zero-order valence-corrected chi connectivity index (χ0v) is 12.9. The van der Waals surface area contributed by atoms with E-state index in [1.165, 1.54) is 4.88 Å². The van der Waals surface area contributed by atoms with Crippen LogP contribution in [-0.2, 0) is 16.0 Å². The van der Waals surface area contributed by atoms with E-state index in [9.17, 15) is 9.59 Å². The number of thiophene rings is 1. The van der Waals surface area contributed by atoms with Crippen molar-refractivity contribution >= 4 is 23.2 Å². The van der Waals surface area contributed by atoms with Crippen LogP contribution in [0.25, 0.3) is 0 Å². The molecule has 0 bridgehead atoms. The maximum absolute atomic E-state index is 12.6. The maximum Gasteiger partial charge on any atom is 0.245 e. The summed E-state index contributed by atoms with van der Waals surface area (Å²) in [6, 6.07) is 3.74. The van der Waals surface area contributed by atoms with Crippen LogP contribution in [0, 0.1) is 0 Å². The molecule has 0 aliphatic carbocycles. The topological polar surface area (TPSA) is 49.4 Å². The van der Waals surface area contributed by atoms with E-state index in [0.717, 1.165) is 12.8 Å². The van der Waals surface area contributed by atoms with Gasteiger partial charge in [0.2, 0.25) is 11.8 Å². The molecule has 2 amide bonds. The van der Waals surface area contributed by atoms with E-state index in [4.69, 9.17) is 0 Å². The van der Waals surface area contributed by atoms with Crippen molar-refractivity contribution < 1.29 is 9.59 Å². The lowest BCUT2D eigenvalue weighted by Crippen LogP contribution is -2.47. The molecule has 1 fully saturated rings. The fourth-order valence-corrected chi connectivity index (χ4v) is 3.31. The summed E-state index contributed by atoms with van der Waals surface area (Å²) < 4.78 is 0. The fraction of sp³-hybridized carbons (Fsp3) is 0.600. The molecule has 1 aromatic rings. The fourth-order valence-electron chi connectivity index (χ4n) is 2.61. The molecule has 1 saturated heterocycles. The lowest BCUT2D eigenvalue weighted by atomic mass is 10.1. The van der Waals surface area contributed by atoms with Gasteiger partial charge in [0.1, 0.15) is 6.04 Å². The number of amides is 2. The van der Waals surface area contributed by atoms with Crippen molar-refractivity contribution in [3.05, 3.63) is 22.4 Å². The van der Waals surface area contributed by atoms with E-state index in [0.29, 0.717) is 19.4 Å². The van der Waals surface area contributed by atoms with Gasteiger partial charge in [-0.1, -0.05) is 19.4 Å². The minimum Gasteiger partial charge on any atom is -0.344 e. The molecule has 4 nitrogen and oxygen atoms in total. The highest BCUT2D eigenvalue weighted by atomic mass is 32.1. The Morgan fingerprint density at radius 1 is 1.45 bits per heavy atom. The number of carbonyl (C=O) groups excluding carboxylic acids is 2. The molecule has 2 unspecified atom stereocenters. The van der Waals surface area contributed by atoms with E-state index in [-0.39, 0.29) is 23.9 Å². The quantitative estimate of drug-likeness (QED) is 0.905. The zero-order chi connectivity index (χ0) is 14.5. The summed E-state index contributed by atoms with van der Waals surface area (Å²) in [5.41, 5.74) is 0. The predicted molar refractivity (Wildman–Crippen MR) is 80.7 cm³/mol. The normalized spacial score (nSPS) is 23.6. The van der Waals surface area contributed by atoms with Crippen LogP contribution in [0.15, 0.2) is 17.5 Å². The van der Waals surface area contributed by atoms with Crippen molar-refractivity contribution in [3.8, 4) is 0 Å². The summed E-state index contributed by atoms with van der Waals surface area (Å²) in [6.07, 6.45) is 2.87. The van der Waals surface area contributed by atoms with Gasteiger partial charge in [-0.3, -0.25) is 9.59 Å². The van der Waals surface area contributed by atoms with Crippen molar-refractivity contribution in [1.82, 2.24) is 10.2 Å². The number of nitrogens with one attached hydrogen (secondary N) is 1. The Bertz CT molecular complexity index is 458. The molecule has 1 aliphatic heterocycles. The number of carbonyl (C=O) groups is 2. The highest BCUT2D eigenvalue weighted by Crippen LogP contribution is 2.16. The van der Waals surface area contributed by atoms with E-state index in [1.54, 1.807) is 11.3 Å². The molecular weight excluding hydrogens is 272 g/mol. The SMILES string of the molecule is CCCC1NC(=O)CC(C)N(CCc2cccs2)C1=O. The van der Waals surface area contributed by atoms with E-state index < -0.39 is 0 Å². The molecule has 110 valence electrons. The van der Waals surface area contributed by atoms with Gasteiger partial charge in [-0.05, 0) is 31.2 Å². The molecule has 0 spiro atoms. The third-order valence-electron chi connectivity index (χ3n) is 3.69. The molecule has 0 radical (unpaired) electrons. The zero-order valence-electron chi connectivity index (χ0n) is 12.1. The number of rotatable bonds is 5. The van der Waals surface area contributed by atoms with Crippen molar-refractivity contribution in [3.63, 3.8) is 0 Å². The summed E-state index contributed by atoms with van der Waals surface area (Å²) >= 11 is 1.71. The van der Waals surface area contributed by atoms with Crippen LogP contribution in [0.5, 0.6) is 0 Å². The first kappa shape index (κ1) is 15.0. The van der Waals surface area contributed by atoms with Crippen LogP contribution < -0.4 is 5.32 Å². The van der Waals surface area contributed by atoms with Crippen LogP contribution in [0.1, 0.15) is 38.0 Å². The lowest BCUT2D eigenvalue weighted by molar-refractivity contribution is -0.135. The molecule has 1 aliphatic rings. The van der Waals surface area contributed by atoms with Gasteiger partial charge >= 0.3 is 0 Å². The molecule has 2 heterocycles. The van der Waals surface area contributed by atoms with Gasteiger partial charge in [0.15, 0.2) is 0 Å². The van der Waals surface area contributed by atoms with Gasteiger partial charge in [-0.15, -0.1) is 11.3 Å². The molecule has 20 heavy (non-hydrogen) atoms. The van der Waals surface area contributed by atoms with Crippen LogP contribution >= 0.6 is 11.3 Å². The monoisotopic (exact) mass is 294 g/mol. The molecular formula is C15H22N2O2S. The summed E-state index contributed by atoms with van der Waals surface area (Å²) in [7, 11) is 0. The van der Waals surface area contributed by atoms with Crippen LogP contribution in [-0.4, -0.2) is 35.3 Å². The highest BCUT2D eigenvalue weighted by molar-refractivity contribution is 7.09. The Morgan fingerprint density at radius 3 is 2.90 bits per heavy atom. The highest BCUT2D eigenvalue weighted by Gasteiger charge is 2.32. The summed E-state index contributed by atoms with van der Waals surface area (Å²) in [5, 5.41) is 4.91. The second-order valence-electron chi connectivity index (χ2n) is 5.32. The standard InChI is InChI=1S/C15H22N2O2S/c1-3-5-13-15(19)17(11(2)10-14(18)16-13)8-7-12-6-4-9-20-12/h4,6,9,11,13H,3,5,7-8,10H2,1-2H3,(H,16,18). The first-order chi connectivity index (χ1) is 9.61. The van der Waals surface area contributed by atoms with E-state index in [1.807, 2.05) is 30.2 Å². The van der Waals surface area contributed by atoms with Crippen molar-refractivity contribution in [1.29, 1.82) is 0 Å². The average molecular weight is 294 g/mol. The summed E-state index contributed by atoms with van der Waals surface area (Å²) in [4.78, 5) is 27.5. The Balaban J connectivity index is 2.06. The lowest BCUT2D eigenvalue weighted by Gasteiger charge is -2.28. The van der Waals surface area contributed by atoms with Gasteiger partial charge in [0, 0.05) is 23.9 Å². The second-order valence-corrected chi connectivity index (χ2v) is 6.36. The molecule has 1 aromatic heterocycles. The van der Waals surface area contributed by atoms with Gasteiger partial charge in [0.25, 0.3) is 0 Å². The van der Waals surface area contributed by atoms with Crippen molar-refractivity contribution in [2.75, 3.05) is 6.54 Å². The summed E-state index contributed by atoms with van der Waals surface area (Å²) in [5.74, 6) is 0.0599. The van der Waals surface area contributed by atoms with E-state index in [2.05, 4.69) is 11.4 Å². The predicted octanol–water partition coefficient (Wildman–Crippen LogP) is 2.20. The molecule has 2 rings (SSSR count). The van der Waals surface area contributed by atoms with Gasteiger partial charge in [0.05, 0.1) is 0 Å². The molecule has 0 aromatic carbocycles. The van der Waals surface area contributed by atoms with E-state index >= 15 is 0 Å². The first-order valence-electron chi connectivity index (χ1n) is 7.24. The largest absolute Gasteiger partial charge is 0.344 e. The Morgan fingerprint density at radius 2 is 2.25 bits per heavy atom. The van der Waals surface area contributed by atoms with Gasteiger partial charge in [-0.2, -0.15) is 0 Å². The Labute approximate surface area is 124 Å². The van der Waals surface area contributed by atoms with Gasteiger partial charge < -0.3 is 10.2 Å². The third kappa shape index (κ3) is 3.60. The minimum absolute atomic E-state index is 0.0112. The minimum atomic E-state index is -0.346. The molecule has 5 heteroatoms. The maximum atomic E-state index is 12.6. The Hall–Kier alpha value is -1.36. The third-order valence-corrected chi connectivity index (χ3v) is 4.62. The molecule has 0 saturated carbocycles. The van der Waals surface area contributed by atoms with Crippen molar-refractivity contribution in [2.45, 2.75) is 51.6 Å². The Kier molecular flexibility index (Phi) is 5.17. The number of hydrogen-bond donors (Lipinski definition) is 1. The second kappa shape index (κ2) is 6.88. The molecule has 1 N–H and O–H groups in total. The smallest absolute Gasteiger partial charge is 0.245 e. The van der Waals surface area contributed by atoms with Crippen LogP contribution in [0.3, 0.4) is 0 Å². The van der Waals surface area contributed by atoms with Crippen LogP contribution in [0.4, 0.5) is 0 Å². The average Bonchev–Trinajstić information content (AvgIpc) is 2.88. The van der Waals surface area contributed by atoms with Crippen molar-refractivity contribution in [2.24, 2.45) is 0 Å². The van der Waals surface area contributed by atoms with Crippen LogP contribution in [0.2, 0.25) is 0 Å².